The van der Waals surface area contributed by atoms with Crippen molar-refractivity contribution in [3.63, 3.8) is 0 Å². The van der Waals surface area contributed by atoms with Crippen LogP contribution in [0.5, 0.6) is 0 Å². The molecule has 0 radical (unpaired) electrons. The summed E-state index contributed by atoms with van der Waals surface area (Å²) in [6.45, 7) is 2.15. The highest BCUT2D eigenvalue weighted by molar-refractivity contribution is 7.99. The summed E-state index contributed by atoms with van der Waals surface area (Å²) in [6, 6.07) is 12.4. The Labute approximate surface area is 168 Å². The Morgan fingerprint density at radius 1 is 1.21 bits per heavy atom. The first-order valence-electron chi connectivity index (χ1n) is 9.38. The first kappa shape index (κ1) is 18.6. The zero-order chi connectivity index (χ0) is 19.7. The van der Waals surface area contributed by atoms with Crippen molar-refractivity contribution in [1.82, 2.24) is 14.0 Å². The van der Waals surface area contributed by atoms with Crippen molar-refractivity contribution in [2.75, 3.05) is 5.75 Å². The van der Waals surface area contributed by atoms with Gasteiger partial charge >= 0.3 is 5.97 Å². The molecule has 0 amide bonds. The van der Waals surface area contributed by atoms with Gasteiger partial charge in [0.2, 0.25) is 0 Å². The van der Waals surface area contributed by atoms with Crippen LogP contribution in [0.25, 0.3) is 16.6 Å². The number of benzene rings is 1. The average Bonchev–Trinajstić information content (AvgIpc) is 3.18. The second-order valence-corrected chi connectivity index (χ2v) is 8.13. The van der Waals surface area contributed by atoms with E-state index >= 15 is 0 Å². The highest BCUT2D eigenvalue weighted by atomic mass is 32.2. The number of aliphatic carboxylic acids is 1. The number of fused-ring (bicyclic) bond motifs is 2. The van der Waals surface area contributed by atoms with Gasteiger partial charge in [0.1, 0.15) is 10.7 Å². The zero-order valence-corrected chi connectivity index (χ0v) is 16.9. The predicted molar refractivity (Wildman–Crippen MR) is 113 cm³/mol. The number of aryl methyl sites for hydroxylation is 2. The van der Waals surface area contributed by atoms with E-state index in [1.807, 2.05) is 18.2 Å². The van der Waals surface area contributed by atoms with Crippen molar-refractivity contribution in [3.8, 4) is 0 Å². The summed E-state index contributed by atoms with van der Waals surface area (Å²) in [7, 11) is 2.08. The molecule has 144 valence electrons. The van der Waals surface area contributed by atoms with Gasteiger partial charge in [-0.25, -0.2) is 4.98 Å². The first-order chi connectivity index (χ1) is 13.5. The molecule has 0 aliphatic heterocycles. The third-order valence-electron chi connectivity index (χ3n) is 5.03. The van der Waals surface area contributed by atoms with Gasteiger partial charge in [-0.1, -0.05) is 18.2 Å². The van der Waals surface area contributed by atoms with E-state index in [2.05, 4.69) is 53.5 Å². The molecule has 0 saturated carbocycles. The molecule has 0 aliphatic rings. The van der Waals surface area contributed by atoms with Crippen LogP contribution in [0.2, 0.25) is 0 Å². The minimum Gasteiger partial charge on any atom is -0.481 e. The summed E-state index contributed by atoms with van der Waals surface area (Å²) in [6.07, 6.45) is 5.88. The second kappa shape index (κ2) is 7.72. The Morgan fingerprint density at radius 3 is 2.89 bits per heavy atom. The molecule has 0 bridgehead atoms. The molecule has 0 saturated heterocycles. The molecule has 4 rings (SSSR count). The normalized spacial score (nSPS) is 11.5. The number of rotatable bonds is 7. The summed E-state index contributed by atoms with van der Waals surface area (Å²) < 4.78 is 4.33. The molecular formula is C22H23N3O2S. The second-order valence-electron chi connectivity index (χ2n) is 7.05. The summed E-state index contributed by atoms with van der Waals surface area (Å²) in [5, 5.41) is 11.2. The number of pyridine rings is 1. The van der Waals surface area contributed by atoms with E-state index < -0.39 is 5.97 Å². The summed E-state index contributed by atoms with van der Waals surface area (Å²) >= 11 is 1.65. The van der Waals surface area contributed by atoms with Crippen LogP contribution >= 0.6 is 11.8 Å². The highest BCUT2D eigenvalue weighted by Gasteiger charge is 2.16. The van der Waals surface area contributed by atoms with Crippen molar-refractivity contribution in [2.24, 2.45) is 7.05 Å². The van der Waals surface area contributed by atoms with Crippen molar-refractivity contribution in [2.45, 2.75) is 31.2 Å². The Hall–Kier alpha value is -2.73. The maximum absolute atomic E-state index is 10.8. The largest absolute Gasteiger partial charge is 0.481 e. The quantitative estimate of drug-likeness (QED) is 0.366. The molecule has 0 aliphatic carbocycles. The monoisotopic (exact) mass is 393 g/mol. The van der Waals surface area contributed by atoms with Gasteiger partial charge in [-0.15, -0.1) is 11.8 Å². The number of thioether (sulfide) groups is 1. The molecule has 5 nitrogen and oxygen atoms in total. The molecule has 3 heterocycles. The van der Waals surface area contributed by atoms with E-state index in [-0.39, 0.29) is 6.42 Å². The Balaban J connectivity index is 1.72. The zero-order valence-electron chi connectivity index (χ0n) is 16.1. The number of hydrogen-bond donors (Lipinski definition) is 1. The summed E-state index contributed by atoms with van der Waals surface area (Å²) in [4.78, 5) is 15.6. The van der Waals surface area contributed by atoms with Crippen molar-refractivity contribution < 1.29 is 9.90 Å². The van der Waals surface area contributed by atoms with Crippen molar-refractivity contribution >= 4 is 34.3 Å². The molecule has 1 aromatic carbocycles. The van der Waals surface area contributed by atoms with E-state index in [0.717, 1.165) is 28.5 Å². The van der Waals surface area contributed by atoms with Gasteiger partial charge in [-0.05, 0) is 42.7 Å². The van der Waals surface area contributed by atoms with E-state index in [4.69, 9.17) is 10.1 Å². The number of carboxylic acids is 1. The fourth-order valence-corrected chi connectivity index (χ4v) is 4.72. The molecule has 0 fully saturated rings. The first-order valence-corrected chi connectivity index (χ1v) is 10.4. The van der Waals surface area contributed by atoms with Crippen LogP contribution in [0.1, 0.15) is 29.7 Å². The lowest BCUT2D eigenvalue weighted by Crippen LogP contribution is -1.97. The third kappa shape index (κ3) is 3.52. The van der Waals surface area contributed by atoms with Gasteiger partial charge in [0.05, 0.1) is 5.69 Å². The number of carboxylic acid groups (broad SMARTS) is 1. The van der Waals surface area contributed by atoms with E-state index in [1.54, 1.807) is 11.8 Å². The van der Waals surface area contributed by atoms with E-state index in [1.165, 1.54) is 22.0 Å². The molecule has 1 N–H and O–H groups in total. The smallest absolute Gasteiger partial charge is 0.303 e. The van der Waals surface area contributed by atoms with Crippen LogP contribution in [0.15, 0.2) is 53.8 Å². The highest BCUT2D eigenvalue weighted by Crippen LogP contribution is 2.31. The molecular weight excluding hydrogens is 370 g/mol. The molecule has 0 atom stereocenters. The van der Waals surface area contributed by atoms with Gasteiger partial charge < -0.3 is 14.1 Å². The fourth-order valence-electron chi connectivity index (χ4n) is 3.74. The molecule has 28 heavy (non-hydrogen) atoms. The summed E-state index contributed by atoms with van der Waals surface area (Å²) in [5.41, 5.74) is 5.88. The average molecular weight is 394 g/mol. The van der Waals surface area contributed by atoms with Crippen molar-refractivity contribution in [3.05, 3.63) is 65.6 Å². The van der Waals surface area contributed by atoms with Crippen LogP contribution in [-0.2, 0) is 18.3 Å². The number of nitrogens with zero attached hydrogens (tertiary/aromatic N) is 3. The van der Waals surface area contributed by atoms with Crippen molar-refractivity contribution in [1.29, 1.82) is 0 Å². The van der Waals surface area contributed by atoms with Gasteiger partial charge in [0.15, 0.2) is 0 Å². The number of carbonyl (C=O) groups is 1. The Morgan fingerprint density at radius 2 is 2.07 bits per heavy atom. The lowest BCUT2D eigenvalue weighted by atomic mass is 10.0. The van der Waals surface area contributed by atoms with Gasteiger partial charge in [0, 0.05) is 48.9 Å². The van der Waals surface area contributed by atoms with Gasteiger partial charge in [-0.2, -0.15) is 0 Å². The minimum absolute atomic E-state index is 0.193. The maximum Gasteiger partial charge on any atom is 0.303 e. The topological polar surface area (TPSA) is 59.5 Å². The number of hydrogen-bond acceptors (Lipinski definition) is 3. The van der Waals surface area contributed by atoms with Gasteiger partial charge in [0.25, 0.3) is 0 Å². The molecule has 6 heteroatoms. The van der Waals surface area contributed by atoms with Crippen LogP contribution in [0, 0.1) is 6.92 Å². The number of imidazole rings is 1. The van der Waals surface area contributed by atoms with Crippen LogP contribution in [-0.4, -0.2) is 30.8 Å². The fraction of sp³-hybridized carbons (Fsp3) is 0.273. The number of aromatic nitrogens is 3. The lowest BCUT2D eigenvalue weighted by molar-refractivity contribution is -0.137. The summed E-state index contributed by atoms with van der Waals surface area (Å²) in [5.74, 6) is -0.000332. The lowest BCUT2D eigenvalue weighted by Gasteiger charge is -2.06. The predicted octanol–water partition coefficient (Wildman–Crippen LogP) is 4.68. The molecule has 3 aromatic heterocycles. The minimum atomic E-state index is -0.748. The van der Waals surface area contributed by atoms with Crippen LogP contribution in [0.4, 0.5) is 0 Å². The molecule has 0 spiro atoms. The maximum atomic E-state index is 10.8. The van der Waals surface area contributed by atoms with Crippen LogP contribution < -0.4 is 0 Å². The van der Waals surface area contributed by atoms with Crippen LogP contribution in [0.3, 0.4) is 0 Å². The third-order valence-corrected chi connectivity index (χ3v) is 6.12. The Bertz CT molecular complexity index is 1160. The van der Waals surface area contributed by atoms with E-state index in [9.17, 15) is 4.79 Å². The SMILES string of the molecule is Cc1cccc2c1c(Cc1c(SCCCC(=O)O)nc3ccccn13)cn2C. The van der Waals surface area contributed by atoms with Gasteiger partial charge in [-0.3, -0.25) is 4.79 Å². The molecule has 4 aromatic rings. The standard InChI is InChI=1S/C22H23N3O2S/c1-15-7-5-8-17-21(15)16(14-24(17)2)13-18-22(28-12-6-10-20(26)27)23-19-9-3-4-11-25(18)19/h3-5,7-9,11,14H,6,10,12-13H2,1-2H3,(H,26,27). The molecule has 0 unspecified atom stereocenters. The van der Waals surface area contributed by atoms with E-state index in [0.29, 0.717) is 6.42 Å². The Kier molecular flexibility index (Phi) is 5.13.